The second kappa shape index (κ2) is 9.27. The molecule has 214 valence electrons. The van der Waals surface area contributed by atoms with Crippen molar-refractivity contribution in [1.82, 2.24) is 29.1 Å². The lowest BCUT2D eigenvalue weighted by atomic mass is 9.77. The molecule has 7 heteroatoms. The van der Waals surface area contributed by atoms with Gasteiger partial charge in [-0.15, -0.1) is 0 Å². The molecule has 7 nitrogen and oxygen atoms in total. The average Bonchev–Trinajstić information content (AvgIpc) is 3.64. The molecule has 0 atom stereocenters. The first-order valence-electron chi connectivity index (χ1n) is 15.0. The van der Waals surface area contributed by atoms with Gasteiger partial charge in [-0.25, -0.2) is 9.97 Å². The molecule has 0 saturated carbocycles. The number of rotatable bonds is 3. The van der Waals surface area contributed by atoms with E-state index in [0.29, 0.717) is 23.2 Å². The van der Waals surface area contributed by atoms with Gasteiger partial charge in [0.15, 0.2) is 11.6 Å². The number of imidazole rings is 1. The fourth-order valence-electron chi connectivity index (χ4n) is 6.71. The van der Waals surface area contributed by atoms with Gasteiger partial charge in [-0.1, -0.05) is 91.0 Å². The Morgan fingerprint density at radius 3 is 1.84 bits per heavy atom. The van der Waals surface area contributed by atoms with Gasteiger partial charge in [0, 0.05) is 32.9 Å². The van der Waals surface area contributed by atoms with Crippen LogP contribution in [0.15, 0.2) is 121 Å². The zero-order valence-electron chi connectivity index (χ0n) is 24.6. The number of aromatic nitrogens is 6. The van der Waals surface area contributed by atoms with Crippen molar-refractivity contribution in [2.45, 2.75) is 19.3 Å². The normalized spacial score (nSPS) is 13.8. The van der Waals surface area contributed by atoms with Crippen molar-refractivity contribution >= 4 is 38.7 Å². The van der Waals surface area contributed by atoms with Crippen LogP contribution in [0.1, 0.15) is 35.6 Å². The summed E-state index contributed by atoms with van der Waals surface area (Å²) in [6.07, 6.45) is 0. The van der Waals surface area contributed by atoms with Gasteiger partial charge in [0.05, 0.1) is 22.1 Å². The zero-order chi connectivity index (χ0) is 30.3. The minimum absolute atomic E-state index is 0.0858. The summed E-state index contributed by atoms with van der Waals surface area (Å²) in [5.41, 5.74) is 6.32. The van der Waals surface area contributed by atoms with Crippen LogP contribution < -0.4 is 0 Å². The summed E-state index contributed by atoms with van der Waals surface area (Å²) < 4.78 is 3.84. The molecule has 3 aromatic heterocycles. The molecule has 0 saturated heterocycles. The molecule has 0 aliphatic carbocycles. The van der Waals surface area contributed by atoms with Crippen LogP contribution in [0.5, 0.6) is 0 Å². The summed E-state index contributed by atoms with van der Waals surface area (Å²) in [5, 5.41) is 2.08. The third kappa shape index (κ3) is 3.67. The smallest absolute Gasteiger partial charge is 0.264 e. The molecule has 0 unspecified atom stereocenters. The number of hydrogen-bond acceptors (Lipinski definition) is 5. The van der Waals surface area contributed by atoms with Crippen LogP contribution in [0.4, 0.5) is 0 Å². The Morgan fingerprint density at radius 2 is 1.16 bits per heavy atom. The van der Waals surface area contributed by atoms with Crippen molar-refractivity contribution in [2.75, 3.05) is 0 Å². The van der Waals surface area contributed by atoms with E-state index in [4.69, 9.17) is 19.9 Å². The molecule has 8 aromatic rings. The molecule has 1 aliphatic heterocycles. The summed E-state index contributed by atoms with van der Waals surface area (Å²) in [6, 6.07) is 40.2. The first-order chi connectivity index (χ1) is 22.0. The molecule has 5 aromatic carbocycles. The van der Waals surface area contributed by atoms with Gasteiger partial charge in [-0.2, -0.15) is 9.97 Å². The van der Waals surface area contributed by atoms with E-state index >= 15 is 0 Å². The first kappa shape index (κ1) is 25.5. The van der Waals surface area contributed by atoms with Crippen molar-refractivity contribution in [3.05, 3.63) is 138 Å². The molecule has 0 bridgehead atoms. The number of benzene rings is 5. The topological polar surface area (TPSA) is 78.5 Å². The quantitative estimate of drug-likeness (QED) is 0.211. The Hall–Kier alpha value is -5.95. The van der Waals surface area contributed by atoms with Crippen LogP contribution in [0.25, 0.3) is 61.6 Å². The lowest BCUT2D eigenvalue weighted by Crippen LogP contribution is -2.35. The fourth-order valence-corrected chi connectivity index (χ4v) is 6.71. The summed E-state index contributed by atoms with van der Waals surface area (Å²) in [5.74, 6) is 2.31. The molecule has 0 radical (unpaired) electrons. The summed E-state index contributed by atoms with van der Waals surface area (Å²) in [7, 11) is 0. The largest absolute Gasteiger partial charge is 0.278 e. The Kier molecular flexibility index (Phi) is 5.26. The predicted octanol–water partition coefficient (Wildman–Crippen LogP) is 7.98. The molecule has 0 fully saturated rings. The highest BCUT2D eigenvalue weighted by Crippen LogP contribution is 2.43. The number of carbonyl (C=O) groups excluding carboxylic acids is 1. The van der Waals surface area contributed by atoms with E-state index in [-0.39, 0.29) is 5.91 Å². The highest BCUT2D eigenvalue weighted by Gasteiger charge is 2.40. The number of carbonyl (C=O) groups is 1. The van der Waals surface area contributed by atoms with E-state index < -0.39 is 5.41 Å². The summed E-state index contributed by atoms with van der Waals surface area (Å²) in [4.78, 5) is 34.2. The molecular weight excluding hydrogens is 556 g/mol. The Bertz CT molecular complexity index is 2420. The van der Waals surface area contributed by atoms with Crippen LogP contribution >= 0.6 is 0 Å². The lowest BCUT2D eigenvalue weighted by molar-refractivity contribution is 0.0948. The van der Waals surface area contributed by atoms with Crippen molar-refractivity contribution in [3.8, 4) is 28.7 Å². The van der Waals surface area contributed by atoms with Crippen LogP contribution in [0, 0.1) is 0 Å². The van der Waals surface area contributed by atoms with Gasteiger partial charge in [0.1, 0.15) is 5.82 Å². The number of para-hydroxylation sites is 3. The van der Waals surface area contributed by atoms with Crippen molar-refractivity contribution in [3.63, 3.8) is 0 Å². The SMILES string of the molecule is CC1(C)c2cc3c4ccccc4n(-c4nc(-c5ccccc5)nc(-c5ccccc5)n4)c3cc2C(=O)n2c1nc1ccccc12. The van der Waals surface area contributed by atoms with E-state index in [0.717, 1.165) is 55.4 Å². The molecular formula is C38H26N6O. The van der Waals surface area contributed by atoms with E-state index in [1.807, 2.05) is 103 Å². The molecule has 9 rings (SSSR count). The second-order valence-corrected chi connectivity index (χ2v) is 12.0. The van der Waals surface area contributed by atoms with Crippen molar-refractivity contribution < 1.29 is 4.79 Å². The lowest BCUT2D eigenvalue weighted by Gasteiger charge is -2.32. The van der Waals surface area contributed by atoms with Crippen molar-refractivity contribution in [2.24, 2.45) is 0 Å². The monoisotopic (exact) mass is 582 g/mol. The molecule has 0 spiro atoms. The predicted molar refractivity (Wildman–Crippen MR) is 177 cm³/mol. The van der Waals surface area contributed by atoms with E-state index in [2.05, 4.69) is 36.6 Å². The maximum Gasteiger partial charge on any atom is 0.264 e. The molecule has 4 heterocycles. The fraction of sp³-hybridized carbons (Fsp3) is 0.0789. The van der Waals surface area contributed by atoms with Gasteiger partial charge < -0.3 is 0 Å². The molecule has 0 amide bonds. The maximum absolute atomic E-state index is 14.3. The number of nitrogens with zero attached hydrogens (tertiary/aromatic N) is 6. The van der Waals surface area contributed by atoms with Crippen LogP contribution in [-0.2, 0) is 5.41 Å². The highest BCUT2D eigenvalue weighted by atomic mass is 16.2. The first-order valence-corrected chi connectivity index (χ1v) is 15.0. The van der Waals surface area contributed by atoms with Crippen LogP contribution in [0.2, 0.25) is 0 Å². The van der Waals surface area contributed by atoms with Crippen LogP contribution in [-0.4, -0.2) is 35.0 Å². The second-order valence-electron chi connectivity index (χ2n) is 12.0. The van der Waals surface area contributed by atoms with E-state index in [1.54, 1.807) is 4.57 Å². The highest BCUT2D eigenvalue weighted by molar-refractivity contribution is 6.13. The Labute approximate surface area is 258 Å². The van der Waals surface area contributed by atoms with Gasteiger partial charge in [0.25, 0.3) is 5.91 Å². The Morgan fingerprint density at radius 1 is 0.556 bits per heavy atom. The minimum Gasteiger partial charge on any atom is -0.278 e. The van der Waals surface area contributed by atoms with E-state index in [1.165, 1.54) is 0 Å². The third-order valence-electron chi connectivity index (χ3n) is 8.93. The van der Waals surface area contributed by atoms with Gasteiger partial charge in [-0.05, 0) is 49.7 Å². The standard InChI is InChI=1S/C38H26N6O/c1-38(2)28-21-26-25-17-9-11-19-30(25)43(32(26)22-27(28)35(45)44-31-20-12-10-18-29(31)39-36(38)44)37-41-33(23-13-5-3-6-14-23)40-34(42-37)24-15-7-4-8-16-24/h3-22H,1-2H3. The molecule has 0 N–H and O–H groups in total. The number of hydrogen-bond donors (Lipinski definition) is 0. The summed E-state index contributed by atoms with van der Waals surface area (Å²) in [6.45, 7) is 4.29. The van der Waals surface area contributed by atoms with Crippen LogP contribution in [0.3, 0.4) is 0 Å². The van der Waals surface area contributed by atoms with Gasteiger partial charge in [0.2, 0.25) is 5.95 Å². The van der Waals surface area contributed by atoms with E-state index in [9.17, 15) is 4.79 Å². The van der Waals surface area contributed by atoms with Gasteiger partial charge in [-0.3, -0.25) is 13.9 Å². The number of fused-ring (bicyclic) bond motifs is 7. The zero-order valence-corrected chi connectivity index (χ0v) is 24.6. The third-order valence-corrected chi connectivity index (χ3v) is 8.93. The average molecular weight is 583 g/mol. The van der Waals surface area contributed by atoms with Gasteiger partial charge >= 0.3 is 0 Å². The Balaban J connectivity index is 1.36. The maximum atomic E-state index is 14.3. The van der Waals surface area contributed by atoms with Crippen molar-refractivity contribution in [1.29, 1.82) is 0 Å². The molecule has 1 aliphatic rings. The molecule has 45 heavy (non-hydrogen) atoms. The minimum atomic E-state index is -0.506. The summed E-state index contributed by atoms with van der Waals surface area (Å²) >= 11 is 0.